The fraction of sp³-hybridized carbons (Fsp3) is 1.00. The summed E-state index contributed by atoms with van der Waals surface area (Å²) in [7, 11) is 0. The monoisotopic (exact) mass is 246 g/mol. The number of ether oxygens (including phenoxy) is 2. The number of nitrogens with one attached hydrogen (secondary N) is 2. The van der Waals surface area contributed by atoms with Gasteiger partial charge in [-0.15, -0.1) is 0 Å². The van der Waals surface area contributed by atoms with E-state index in [2.05, 4.69) is 31.4 Å². The Hall–Kier alpha value is -0.160. The minimum absolute atomic E-state index is 0.691. The molecule has 0 rings (SSSR count). The number of hydrogen-bond acceptors (Lipinski definition) is 4. The van der Waals surface area contributed by atoms with Gasteiger partial charge in [0.2, 0.25) is 0 Å². The van der Waals surface area contributed by atoms with Crippen LogP contribution in [-0.4, -0.2) is 52.6 Å². The van der Waals surface area contributed by atoms with E-state index < -0.39 is 0 Å². The van der Waals surface area contributed by atoms with Crippen LogP contribution in [0.5, 0.6) is 0 Å². The molecule has 0 aromatic carbocycles. The highest BCUT2D eigenvalue weighted by atomic mass is 16.5. The minimum Gasteiger partial charge on any atom is -0.378 e. The first-order chi connectivity index (χ1) is 8.31. The Balaban J connectivity index is 2.94. The van der Waals surface area contributed by atoms with E-state index in [1.807, 2.05) is 0 Å². The Morgan fingerprint density at radius 3 is 2.00 bits per heavy atom. The van der Waals surface area contributed by atoms with Crippen molar-refractivity contribution in [3.8, 4) is 0 Å². The summed E-state index contributed by atoms with van der Waals surface area (Å²) in [6.45, 7) is 13.4. The molecule has 1 atom stereocenters. The van der Waals surface area contributed by atoms with E-state index in [1.54, 1.807) is 0 Å². The minimum atomic E-state index is 0.691. The van der Waals surface area contributed by atoms with E-state index in [4.69, 9.17) is 9.47 Å². The van der Waals surface area contributed by atoms with E-state index in [0.717, 1.165) is 45.3 Å². The molecule has 0 amide bonds. The highest BCUT2D eigenvalue weighted by Crippen LogP contribution is 1.96. The van der Waals surface area contributed by atoms with Crippen molar-refractivity contribution >= 4 is 0 Å². The van der Waals surface area contributed by atoms with Gasteiger partial charge in [0.1, 0.15) is 0 Å². The molecule has 0 heterocycles. The van der Waals surface area contributed by atoms with Crippen LogP contribution in [0.4, 0.5) is 0 Å². The summed E-state index contributed by atoms with van der Waals surface area (Å²) in [5, 5.41) is 6.59. The summed E-state index contributed by atoms with van der Waals surface area (Å²) in [6.07, 6.45) is 1.23. The lowest BCUT2D eigenvalue weighted by Gasteiger charge is -2.10. The third kappa shape index (κ3) is 13.8. The summed E-state index contributed by atoms with van der Waals surface area (Å²) >= 11 is 0. The first-order valence-electron chi connectivity index (χ1n) is 6.88. The van der Waals surface area contributed by atoms with E-state index in [0.29, 0.717) is 13.2 Å². The standard InChI is InChI=1S/C13H30N2O2/c1-4-13(3)12-15-7-9-17-11-10-16-8-6-14-5-2/h13-15H,4-12H2,1-3H3. The van der Waals surface area contributed by atoms with E-state index in [-0.39, 0.29) is 0 Å². The zero-order valence-corrected chi connectivity index (χ0v) is 11.8. The van der Waals surface area contributed by atoms with Crippen LogP contribution in [0.3, 0.4) is 0 Å². The normalized spacial score (nSPS) is 12.9. The van der Waals surface area contributed by atoms with Gasteiger partial charge in [-0.1, -0.05) is 27.2 Å². The molecule has 0 saturated heterocycles. The summed E-state index contributed by atoms with van der Waals surface area (Å²) in [5.41, 5.74) is 0. The predicted molar refractivity (Wildman–Crippen MR) is 72.5 cm³/mol. The van der Waals surface area contributed by atoms with Gasteiger partial charge in [-0.3, -0.25) is 0 Å². The molecule has 0 aliphatic carbocycles. The number of rotatable bonds is 13. The van der Waals surface area contributed by atoms with Crippen molar-refractivity contribution in [3.05, 3.63) is 0 Å². The van der Waals surface area contributed by atoms with Crippen LogP contribution in [0.2, 0.25) is 0 Å². The molecule has 0 aliphatic rings. The van der Waals surface area contributed by atoms with E-state index >= 15 is 0 Å². The molecular weight excluding hydrogens is 216 g/mol. The fourth-order valence-corrected chi connectivity index (χ4v) is 1.28. The van der Waals surface area contributed by atoms with Crippen LogP contribution in [0.25, 0.3) is 0 Å². The average Bonchev–Trinajstić information content (AvgIpc) is 2.35. The summed E-state index contributed by atoms with van der Waals surface area (Å²) in [4.78, 5) is 0. The van der Waals surface area contributed by atoms with Crippen LogP contribution in [-0.2, 0) is 9.47 Å². The van der Waals surface area contributed by atoms with Crippen LogP contribution in [0.15, 0.2) is 0 Å². The van der Waals surface area contributed by atoms with Crippen LogP contribution < -0.4 is 10.6 Å². The number of hydrogen-bond donors (Lipinski definition) is 2. The zero-order valence-electron chi connectivity index (χ0n) is 11.8. The van der Waals surface area contributed by atoms with E-state index in [1.165, 1.54) is 6.42 Å². The molecule has 0 fully saturated rings. The number of likely N-dealkylation sites (N-methyl/N-ethyl adjacent to an activating group) is 1. The average molecular weight is 246 g/mol. The highest BCUT2D eigenvalue weighted by molar-refractivity contribution is 4.53. The second kappa shape index (κ2) is 13.9. The lowest BCUT2D eigenvalue weighted by Crippen LogP contribution is -2.25. The molecule has 104 valence electrons. The topological polar surface area (TPSA) is 42.5 Å². The Kier molecular flexibility index (Phi) is 13.8. The maximum absolute atomic E-state index is 5.45. The SMILES string of the molecule is CCNCCOCCOCCNCC(C)CC. The van der Waals surface area contributed by atoms with Gasteiger partial charge in [0.05, 0.1) is 26.4 Å². The molecule has 1 unspecified atom stereocenters. The van der Waals surface area contributed by atoms with Crippen LogP contribution in [0.1, 0.15) is 27.2 Å². The zero-order chi connectivity index (χ0) is 12.8. The van der Waals surface area contributed by atoms with Crippen molar-refractivity contribution in [2.24, 2.45) is 5.92 Å². The highest BCUT2D eigenvalue weighted by Gasteiger charge is 1.96. The molecule has 0 aromatic heterocycles. The molecule has 0 bridgehead atoms. The first kappa shape index (κ1) is 16.8. The Labute approximate surface area is 106 Å². The van der Waals surface area contributed by atoms with Gasteiger partial charge in [-0.2, -0.15) is 0 Å². The molecule has 4 nitrogen and oxygen atoms in total. The van der Waals surface area contributed by atoms with Gasteiger partial charge in [0.25, 0.3) is 0 Å². The molecule has 0 spiro atoms. The quantitative estimate of drug-likeness (QED) is 0.480. The van der Waals surface area contributed by atoms with Gasteiger partial charge in [-0.25, -0.2) is 0 Å². The van der Waals surface area contributed by atoms with Gasteiger partial charge in [0.15, 0.2) is 0 Å². The van der Waals surface area contributed by atoms with Crippen molar-refractivity contribution < 1.29 is 9.47 Å². The van der Waals surface area contributed by atoms with Gasteiger partial charge < -0.3 is 20.1 Å². The third-order valence-corrected chi connectivity index (χ3v) is 2.66. The summed E-state index contributed by atoms with van der Waals surface area (Å²) in [5.74, 6) is 0.754. The Morgan fingerprint density at radius 1 is 0.882 bits per heavy atom. The van der Waals surface area contributed by atoms with Gasteiger partial charge >= 0.3 is 0 Å². The molecule has 0 aromatic rings. The molecule has 2 N–H and O–H groups in total. The maximum atomic E-state index is 5.45. The predicted octanol–water partition coefficient (Wildman–Crippen LogP) is 1.26. The Morgan fingerprint density at radius 2 is 1.47 bits per heavy atom. The molecular formula is C13H30N2O2. The largest absolute Gasteiger partial charge is 0.378 e. The van der Waals surface area contributed by atoms with Gasteiger partial charge in [-0.05, 0) is 19.0 Å². The second-order valence-electron chi connectivity index (χ2n) is 4.30. The molecule has 0 saturated carbocycles. The molecule has 4 heteroatoms. The molecule has 0 radical (unpaired) electrons. The third-order valence-electron chi connectivity index (χ3n) is 2.66. The van der Waals surface area contributed by atoms with Crippen molar-refractivity contribution in [1.82, 2.24) is 10.6 Å². The second-order valence-corrected chi connectivity index (χ2v) is 4.30. The molecule has 0 aliphatic heterocycles. The smallest absolute Gasteiger partial charge is 0.0701 e. The van der Waals surface area contributed by atoms with Crippen molar-refractivity contribution in [3.63, 3.8) is 0 Å². The maximum Gasteiger partial charge on any atom is 0.0701 e. The van der Waals surface area contributed by atoms with Crippen LogP contribution >= 0.6 is 0 Å². The van der Waals surface area contributed by atoms with E-state index in [9.17, 15) is 0 Å². The van der Waals surface area contributed by atoms with Crippen molar-refractivity contribution in [2.45, 2.75) is 27.2 Å². The van der Waals surface area contributed by atoms with Crippen molar-refractivity contribution in [2.75, 3.05) is 52.6 Å². The first-order valence-corrected chi connectivity index (χ1v) is 6.88. The Bertz CT molecular complexity index is 145. The van der Waals surface area contributed by atoms with Gasteiger partial charge in [0, 0.05) is 13.1 Å². The summed E-state index contributed by atoms with van der Waals surface area (Å²) in [6, 6.07) is 0. The fourth-order valence-electron chi connectivity index (χ4n) is 1.28. The van der Waals surface area contributed by atoms with Crippen molar-refractivity contribution in [1.29, 1.82) is 0 Å². The lowest BCUT2D eigenvalue weighted by molar-refractivity contribution is 0.0499. The van der Waals surface area contributed by atoms with Crippen LogP contribution in [0, 0.1) is 5.92 Å². The lowest BCUT2D eigenvalue weighted by atomic mass is 10.1. The molecule has 17 heavy (non-hydrogen) atoms. The summed E-state index contributed by atoms with van der Waals surface area (Å²) < 4.78 is 10.8.